The number of hydrogen-bond acceptors (Lipinski definition) is 5. The minimum atomic E-state index is -0.166. The SMILES string of the molecule is CC[C@@H]1[C@@H]2CCN3CC[C@@]4(C(=C2C(=O)OC)Nc2c(OC)cccc24)[C@@H]13. The highest BCUT2D eigenvalue weighted by Gasteiger charge is 2.64. The van der Waals surface area contributed by atoms with E-state index in [1.807, 2.05) is 6.07 Å². The van der Waals surface area contributed by atoms with Crippen LogP contribution >= 0.6 is 0 Å². The van der Waals surface area contributed by atoms with Crippen LogP contribution in [-0.2, 0) is 14.9 Å². The Morgan fingerprint density at radius 1 is 1.35 bits per heavy atom. The second-order valence-electron chi connectivity index (χ2n) is 7.96. The molecule has 1 aromatic carbocycles. The second-order valence-corrected chi connectivity index (χ2v) is 7.96. The molecule has 4 aliphatic rings. The molecule has 2 saturated heterocycles. The van der Waals surface area contributed by atoms with Crippen LogP contribution in [-0.4, -0.2) is 44.2 Å². The highest BCUT2D eigenvalue weighted by Crippen LogP contribution is 2.63. The smallest absolute Gasteiger partial charge is 0.335 e. The molecule has 1 spiro atoms. The lowest BCUT2D eigenvalue weighted by atomic mass is 9.57. The molecule has 5 rings (SSSR count). The van der Waals surface area contributed by atoms with Crippen molar-refractivity contribution in [1.82, 2.24) is 4.90 Å². The first-order valence-corrected chi connectivity index (χ1v) is 9.68. The molecule has 0 saturated carbocycles. The number of nitrogens with one attached hydrogen (secondary N) is 1. The van der Waals surface area contributed by atoms with Gasteiger partial charge >= 0.3 is 5.97 Å². The van der Waals surface area contributed by atoms with Crippen LogP contribution in [0.15, 0.2) is 29.5 Å². The molecule has 0 unspecified atom stereocenters. The van der Waals surface area contributed by atoms with E-state index in [0.717, 1.165) is 55.1 Å². The normalized spacial score (nSPS) is 34.2. The lowest BCUT2D eigenvalue weighted by Crippen LogP contribution is -2.58. The molecule has 1 N–H and O–H groups in total. The van der Waals surface area contributed by atoms with Crippen molar-refractivity contribution < 1.29 is 14.3 Å². The molecule has 3 heterocycles. The molecule has 0 amide bonds. The van der Waals surface area contributed by atoms with E-state index in [0.29, 0.717) is 12.0 Å². The maximum atomic E-state index is 12.9. The van der Waals surface area contributed by atoms with E-state index >= 15 is 0 Å². The Labute approximate surface area is 154 Å². The van der Waals surface area contributed by atoms with E-state index in [4.69, 9.17) is 9.47 Å². The Morgan fingerprint density at radius 3 is 2.92 bits per heavy atom. The summed E-state index contributed by atoms with van der Waals surface area (Å²) in [5.41, 5.74) is 4.17. The molecule has 5 nitrogen and oxygen atoms in total. The van der Waals surface area contributed by atoms with E-state index in [1.165, 1.54) is 12.7 Å². The Bertz CT molecular complexity index is 817. The third-order valence-electron chi connectivity index (χ3n) is 7.28. The lowest BCUT2D eigenvalue weighted by molar-refractivity contribution is -0.138. The van der Waals surface area contributed by atoms with Crippen molar-refractivity contribution in [3.8, 4) is 5.75 Å². The minimum absolute atomic E-state index is 0.134. The zero-order chi connectivity index (χ0) is 18.1. The van der Waals surface area contributed by atoms with E-state index < -0.39 is 0 Å². The largest absolute Gasteiger partial charge is 0.495 e. The van der Waals surface area contributed by atoms with Gasteiger partial charge in [0.25, 0.3) is 0 Å². The number of esters is 1. The number of piperidine rings is 1. The number of nitrogens with zero attached hydrogens (tertiary/aromatic N) is 1. The van der Waals surface area contributed by atoms with Crippen molar-refractivity contribution in [3.05, 3.63) is 35.0 Å². The molecule has 138 valence electrons. The molecular formula is C21H26N2O3. The Balaban J connectivity index is 1.83. The number of ether oxygens (including phenoxy) is 2. The van der Waals surface area contributed by atoms with Gasteiger partial charge in [0.2, 0.25) is 0 Å². The Hall–Kier alpha value is -2.01. The van der Waals surface area contributed by atoms with Crippen molar-refractivity contribution in [3.63, 3.8) is 0 Å². The summed E-state index contributed by atoms with van der Waals surface area (Å²) in [6, 6.07) is 6.75. The van der Waals surface area contributed by atoms with Gasteiger partial charge in [-0.1, -0.05) is 25.5 Å². The van der Waals surface area contributed by atoms with Crippen LogP contribution in [0.3, 0.4) is 0 Å². The molecule has 1 aliphatic carbocycles. The standard InChI is InChI=1S/C21H26N2O3/c1-4-12-13-8-10-23-11-9-21(19(12)23)14-6-5-7-15(25-2)17(14)22-18(21)16(13)20(24)26-3/h5-7,12-13,19,22H,4,8-11H2,1-3H3/t12-,13+,19-,21-/m1/s1. The quantitative estimate of drug-likeness (QED) is 0.846. The Morgan fingerprint density at radius 2 is 2.19 bits per heavy atom. The maximum Gasteiger partial charge on any atom is 0.335 e. The van der Waals surface area contributed by atoms with Crippen molar-refractivity contribution in [2.75, 3.05) is 32.6 Å². The van der Waals surface area contributed by atoms with Crippen LogP contribution < -0.4 is 10.1 Å². The van der Waals surface area contributed by atoms with Crippen LogP contribution in [0.1, 0.15) is 31.7 Å². The Kier molecular flexibility index (Phi) is 3.42. The summed E-state index contributed by atoms with van der Waals surface area (Å²) in [4.78, 5) is 15.5. The van der Waals surface area contributed by atoms with E-state index in [-0.39, 0.29) is 17.3 Å². The average Bonchev–Trinajstić information content (AvgIpc) is 3.24. The van der Waals surface area contributed by atoms with E-state index in [9.17, 15) is 4.79 Å². The summed E-state index contributed by atoms with van der Waals surface area (Å²) in [5, 5.41) is 3.64. The molecule has 2 fully saturated rings. The molecule has 4 atom stereocenters. The van der Waals surface area contributed by atoms with Crippen molar-refractivity contribution in [2.24, 2.45) is 11.8 Å². The van der Waals surface area contributed by atoms with Gasteiger partial charge in [0.05, 0.1) is 30.9 Å². The number of fused-ring (bicyclic) bond motifs is 2. The van der Waals surface area contributed by atoms with Gasteiger partial charge in [-0.25, -0.2) is 4.79 Å². The fourth-order valence-corrected chi connectivity index (χ4v) is 6.41. The van der Waals surface area contributed by atoms with Crippen LogP contribution in [0.2, 0.25) is 0 Å². The van der Waals surface area contributed by atoms with Gasteiger partial charge in [-0.05, 0) is 49.4 Å². The summed E-state index contributed by atoms with van der Waals surface area (Å²) < 4.78 is 10.9. The number of carbonyl (C=O) groups is 1. The van der Waals surface area contributed by atoms with Crippen molar-refractivity contribution in [2.45, 2.75) is 37.6 Å². The summed E-state index contributed by atoms with van der Waals surface area (Å²) in [6.45, 7) is 4.42. The summed E-state index contributed by atoms with van der Waals surface area (Å²) >= 11 is 0. The third-order valence-corrected chi connectivity index (χ3v) is 7.28. The monoisotopic (exact) mass is 354 g/mol. The van der Waals surface area contributed by atoms with Gasteiger partial charge < -0.3 is 14.8 Å². The number of rotatable bonds is 3. The highest BCUT2D eigenvalue weighted by atomic mass is 16.5. The fraction of sp³-hybridized carbons (Fsp3) is 0.571. The average molecular weight is 354 g/mol. The molecule has 1 aromatic rings. The zero-order valence-corrected chi connectivity index (χ0v) is 15.7. The van der Waals surface area contributed by atoms with Crippen LogP contribution in [0.25, 0.3) is 0 Å². The van der Waals surface area contributed by atoms with Crippen molar-refractivity contribution in [1.29, 1.82) is 0 Å². The predicted octanol–water partition coefficient (Wildman–Crippen LogP) is 2.92. The van der Waals surface area contributed by atoms with Gasteiger partial charge in [-0.3, -0.25) is 4.90 Å². The molecule has 26 heavy (non-hydrogen) atoms. The predicted molar refractivity (Wildman–Crippen MR) is 99.2 cm³/mol. The molecule has 0 aromatic heterocycles. The molecule has 3 aliphatic heterocycles. The highest BCUT2D eigenvalue weighted by molar-refractivity contribution is 5.94. The van der Waals surface area contributed by atoms with Gasteiger partial charge in [-0.15, -0.1) is 0 Å². The molecular weight excluding hydrogens is 328 g/mol. The number of methoxy groups -OCH3 is 2. The summed E-state index contributed by atoms with van der Waals surface area (Å²) in [5.74, 6) is 1.45. The first-order chi connectivity index (χ1) is 12.7. The number of carbonyl (C=O) groups excluding carboxylic acids is 1. The van der Waals surface area contributed by atoms with Gasteiger partial charge in [-0.2, -0.15) is 0 Å². The number of anilines is 1. The summed E-state index contributed by atoms with van der Waals surface area (Å²) in [6.07, 6.45) is 3.17. The zero-order valence-electron chi connectivity index (χ0n) is 15.7. The fourth-order valence-electron chi connectivity index (χ4n) is 6.41. The second kappa shape index (κ2) is 5.49. The topological polar surface area (TPSA) is 50.8 Å². The molecule has 5 heteroatoms. The number of para-hydroxylation sites is 1. The maximum absolute atomic E-state index is 12.9. The van der Waals surface area contributed by atoms with Crippen LogP contribution in [0.5, 0.6) is 5.75 Å². The van der Waals surface area contributed by atoms with Crippen LogP contribution in [0, 0.1) is 11.8 Å². The third kappa shape index (κ3) is 1.72. The number of hydrogen-bond donors (Lipinski definition) is 1. The number of benzene rings is 1. The summed E-state index contributed by atoms with van der Waals surface area (Å²) in [7, 11) is 3.21. The molecule has 0 radical (unpaired) electrons. The lowest BCUT2D eigenvalue weighted by Gasteiger charge is -2.52. The first kappa shape index (κ1) is 16.2. The van der Waals surface area contributed by atoms with Gasteiger partial charge in [0.15, 0.2) is 0 Å². The van der Waals surface area contributed by atoms with E-state index in [1.54, 1.807) is 7.11 Å². The van der Waals surface area contributed by atoms with Gasteiger partial charge in [0, 0.05) is 11.7 Å². The van der Waals surface area contributed by atoms with Crippen LogP contribution in [0.4, 0.5) is 5.69 Å². The van der Waals surface area contributed by atoms with E-state index in [2.05, 4.69) is 29.3 Å². The van der Waals surface area contributed by atoms with Gasteiger partial charge in [0.1, 0.15) is 5.75 Å². The first-order valence-electron chi connectivity index (χ1n) is 9.68. The van der Waals surface area contributed by atoms with Crippen molar-refractivity contribution >= 4 is 11.7 Å². The minimum Gasteiger partial charge on any atom is -0.495 e. The molecule has 2 bridgehead atoms.